The molecular formula is C28H24ClN3O3. The van der Waals surface area contributed by atoms with E-state index in [0.29, 0.717) is 30.0 Å². The van der Waals surface area contributed by atoms with Gasteiger partial charge >= 0.3 is 0 Å². The minimum Gasteiger partial charge on any atom is -0.350 e. The maximum absolute atomic E-state index is 13.2. The van der Waals surface area contributed by atoms with Crippen molar-refractivity contribution in [2.45, 2.75) is 26.3 Å². The molecule has 1 N–H and O–H groups in total. The van der Waals surface area contributed by atoms with E-state index in [1.165, 1.54) is 5.56 Å². The van der Waals surface area contributed by atoms with E-state index in [-0.39, 0.29) is 16.6 Å². The van der Waals surface area contributed by atoms with Gasteiger partial charge in [0.2, 0.25) is 0 Å². The van der Waals surface area contributed by atoms with Crippen molar-refractivity contribution in [2.75, 3.05) is 16.8 Å². The van der Waals surface area contributed by atoms with Crippen LogP contribution in [0, 0.1) is 0 Å². The molecule has 176 valence electrons. The number of nitrogens with one attached hydrogen (secondary N) is 1. The lowest BCUT2D eigenvalue weighted by molar-refractivity contribution is -0.120. The summed E-state index contributed by atoms with van der Waals surface area (Å²) in [6, 6.07) is 22.3. The van der Waals surface area contributed by atoms with Gasteiger partial charge in [0, 0.05) is 24.3 Å². The van der Waals surface area contributed by atoms with Crippen LogP contribution in [0.2, 0.25) is 0 Å². The van der Waals surface area contributed by atoms with Crippen molar-refractivity contribution < 1.29 is 14.4 Å². The molecule has 2 aliphatic heterocycles. The summed E-state index contributed by atoms with van der Waals surface area (Å²) in [5.41, 5.74) is 4.98. The first kappa shape index (κ1) is 22.9. The Morgan fingerprint density at radius 1 is 0.943 bits per heavy atom. The fraction of sp³-hybridized carbons (Fsp3) is 0.179. The molecule has 5 rings (SSSR count). The van der Waals surface area contributed by atoms with Gasteiger partial charge in [0.05, 0.1) is 5.69 Å². The highest BCUT2D eigenvalue weighted by atomic mass is 35.5. The van der Waals surface area contributed by atoms with Crippen LogP contribution >= 0.6 is 11.6 Å². The summed E-state index contributed by atoms with van der Waals surface area (Å²) >= 11 is 6.28. The number of anilines is 2. The molecule has 0 radical (unpaired) electrons. The molecule has 3 amide bonds. The molecular weight excluding hydrogens is 462 g/mol. The quantitative estimate of drug-likeness (QED) is 0.523. The molecule has 0 saturated heterocycles. The van der Waals surface area contributed by atoms with E-state index < -0.39 is 11.8 Å². The van der Waals surface area contributed by atoms with Crippen LogP contribution in [0.3, 0.4) is 0 Å². The van der Waals surface area contributed by atoms with E-state index in [9.17, 15) is 14.4 Å². The fourth-order valence-corrected chi connectivity index (χ4v) is 4.67. The molecule has 35 heavy (non-hydrogen) atoms. The molecule has 0 aromatic heterocycles. The number of amides is 3. The summed E-state index contributed by atoms with van der Waals surface area (Å²) < 4.78 is 0. The molecule has 7 heteroatoms. The van der Waals surface area contributed by atoms with Gasteiger partial charge < -0.3 is 10.2 Å². The largest absolute Gasteiger partial charge is 0.350 e. The zero-order valence-electron chi connectivity index (χ0n) is 19.3. The van der Waals surface area contributed by atoms with E-state index >= 15 is 0 Å². The van der Waals surface area contributed by atoms with Crippen molar-refractivity contribution in [3.8, 4) is 0 Å². The number of fused-ring (bicyclic) bond motifs is 1. The van der Waals surface area contributed by atoms with Crippen molar-refractivity contribution in [2.24, 2.45) is 0 Å². The van der Waals surface area contributed by atoms with Crippen LogP contribution in [-0.4, -0.2) is 29.2 Å². The summed E-state index contributed by atoms with van der Waals surface area (Å²) in [5.74, 6) is -1.20. The molecule has 2 heterocycles. The lowest BCUT2D eigenvalue weighted by Crippen LogP contribution is -2.36. The SMILES string of the molecule is CCc1ccc(N2C(=O)C(Cl)=C(Nc3cccc(C(=O)N4CCc5ccccc5C4)c3)C2=O)cc1. The Morgan fingerprint density at radius 3 is 2.43 bits per heavy atom. The second-order valence-electron chi connectivity index (χ2n) is 8.61. The molecule has 0 atom stereocenters. The Bertz CT molecular complexity index is 1360. The topological polar surface area (TPSA) is 69.7 Å². The summed E-state index contributed by atoms with van der Waals surface area (Å²) in [4.78, 5) is 41.9. The maximum atomic E-state index is 13.2. The Kier molecular flexibility index (Phi) is 6.14. The number of carbonyl (C=O) groups excluding carboxylic acids is 3. The number of hydrogen-bond acceptors (Lipinski definition) is 4. The van der Waals surface area contributed by atoms with Crippen molar-refractivity contribution in [1.82, 2.24) is 4.90 Å². The van der Waals surface area contributed by atoms with E-state index in [4.69, 9.17) is 11.6 Å². The molecule has 0 spiro atoms. The van der Waals surface area contributed by atoms with Gasteiger partial charge in [0.25, 0.3) is 17.7 Å². The number of halogens is 1. The normalized spacial score (nSPS) is 15.5. The van der Waals surface area contributed by atoms with Crippen molar-refractivity contribution >= 4 is 40.7 Å². The summed E-state index contributed by atoms with van der Waals surface area (Å²) in [5, 5.41) is 2.79. The molecule has 0 saturated carbocycles. The highest BCUT2D eigenvalue weighted by Gasteiger charge is 2.39. The lowest BCUT2D eigenvalue weighted by atomic mass is 9.99. The zero-order valence-corrected chi connectivity index (χ0v) is 20.0. The summed E-state index contributed by atoms with van der Waals surface area (Å²) in [6.07, 6.45) is 1.67. The molecule has 2 aliphatic rings. The van der Waals surface area contributed by atoms with Gasteiger partial charge in [-0.25, -0.2) is 4.90 Å². The Morgan fingerprint density at radius 2 is 1.69 bits per heavy atom. The average molecular weight is 486 g/mol. The molecule has 3 aromatic rings. The Hall–Kier alpha value is -3.90. The first-order chi connectivity index (χ1) is 17.0. The fourth-order valence-electron chi connectivity index (χ4n) is 4.45. The van der Waals surface area contributed by atoms with Crippen molar-refractivity contribution in [1.29, 1.82) is 0 Å². The van der Waals surface area contributed by atoms with E-state index in [1.54, 1.807) is 36.4 Å². The van der Waals surface area contributed by atoms with Crippen LogP contribution in [0.25, 0.3) is 0 Å². The van der Waals surface area contributed by atoms with Crippen molar-refractivity contribution in [3.05, 3.63) is 106 Å². The number of carbonyl (C=O) groups is 3. The predicted molar refractivity (Wildman–Crippen MR) is 136 cm³/mol. The average Bonchev–Trinajstić information content (AvgIpc) is 3.11. The van der Waals surface area contributed by atoms with E-state index in [0.717, 1.165) is 28.9 Å². The number of benzene rings is 3. The minimum atomic E-state index is -0.581. The standard InChI is InChI=1S/C28H24ClN3O3/c1-2-18-10-12-23(13-11-18)32-27(34)24(29)25(28(32)35)30-22-9-5-8-20(16-22)26(33)31-15-14-19-6-3-4-7-21(19)17-31/h3-13,16,30H,2,14-15,17H2,1H3. The summed E-state index contributed by atoms with van der Waals surface area (Å²) in [6.45, 7) is 3.23. The van der Waals surface area contributed by atoms with Gasteiger partial charge in [-0.3, -0.25) is 14.4 Å². The van der Waals surface area contributed by atoms with Crippen LogP contribution in [0.5, 0.6) is 0 Å². The third-order valence-corrected chi connectivity index (χ3v) is 6.78. The smallest absolute Gasteiger partial charge is 0.283 e. The van der Waals surface area contributed by atoms with Crippen LogP contribution < -0.4 is 10.2 Å². The Labute approximate surface area is 208 Å². The van der Waals surface area contributed by atoms with E-state index in [1.807, 2.05) is 42.2 Å². The number of imide groups is 1. The first-order valence-corrected chi connectivity index (χ1v) is 11.9. The van der Waals surface area contributed by atoms with Gasteiger partial charge in [-0.1, -0.05) is 61.0 Å². The van der Waals surface area contributed by atoms with Crippen LogP contribution in [-0.2, 0) is 29.0 Å². The molecule has 0 aliphatic carbocycles. The predicted octanol–water partition coefficient (Wildman–Crippen LogP) is 4.88. The lowest BCUT2D eigenvalue weighted by Gasteiger charge is -2.29. The third-order valence-electron chi connectivity index (χ3n) is 6.43. The van der Waals surface area contributed by atoms with Crippen LogP contribution in [0.15, 0.2) is 83.5 Å². The Balaban J connectivity index is 1.34. The maximum Gasteiger partial charge on any atom is 0.283 e. The van der Waals surface area contributed by atoms with Gasteiger partial charge in [-0.05, 0) is 59.9 Å². The summed E-state index contributed by atoms with van der Waals surface area (Å²) in [7, 11) is 0. The van der Waals surface area contributed by atoms with Crippen LogP contribution in [0.1, 0.15) is 34.0 Å². The first-order valence-electron chi connectivity index (χ1n) is 11.6. The minimum absolute atomic E-state index is 0.00673. The van der Waals surface area contributed by atoms with Gasteiger partial charge in [-0.2, -0.15) is 0 Å². The van der Waals surface area contributed by atoms with Crippen molar-refractivity contribution in [3.63, 3.8) is 0 Å². The zero-order chi connectivity index (χ0) is 24.5. The highest BCUT2D eigenvalue weighted by molar-refractivity contribution is 6.53. The highest BCUT2D eigenvalue weighted by Crippen LogP contribution is 2.31. The number of rotatable bonds is 5. The second-order valence-corrected chi connectivity index (χ2v) is 8.98. The van der Waals surface area contributed by atoms with Gasteiger partial charge in [0.1, 0.15) is 10.7 Å². The van der Waals surface area contributed by atoms with E-state index in [2.05, 4.69) is 11.4 Å². The number of hydrogen-bond donors (Lipinski definition) is 1. The molecule has 0 fully saturated rings. The second kappa shape index (κ2) is 9.39. The monoisotopic (exact) mass is 485 g/mol. The molecule has 0 bridgehead atoms. The number of nitrogens with zero attached hydrogens (tertiary/aromatic N) is 2. The third kappa shape index (κ3) is 4.33. The van der Waals surface area contributed by atoms with Gasteiger partial charge in [-0.15, -0.1) is 0 Å². The number of aryl methyl sites for hydroxylation is 1. The molecule has 3 aromatic carbocycles. The molecule has 6 nitrogen and oxygen atoms in total. The van der Waals surface area contributed by atoms with Gasteiger partial charge in [0.15, 0.2) is 0 Å². The molecule has 0 unspecified atom stereocenters. The van der Waals surface area contributed by atoms with Crippen LogP contribution in [0.4, 0.5) is 11.4 Å².